The maximum absolute atomic E-state index is 5.88. The number of oxazole rings is 1. The molecule has 1 N–H and O–H groups in total. The zero-order chi connectivity index (χ0) is 14.4. The summed E-state index contributed by atoms with van der Waals surface area (Å²) in [5.74, 6) is 2.83. The van der Waals surface area contributed by atoms with Gasteiger partial charge in [-0.15, -0.1) is 0 Å². The Hall–Kier alpha value is -0.830. The van der Waals surface area contributed by atoms with E-state index in [1.165, 1.54) is 32.1 Å². The molecule has 1 aliphatic carbocycles. The Labute approximate surface area is 123 Å². The summed E-state index contributed by atoms with van der Waals surface area (Å²) in [5.41, 5.74) is 0.197. The molecular formula is C17H30N2O. The van der Waals surface area contributed by atoms with Gasteiger partial charge in [0, 0.05) is 18.4 Å². The van der Waals surface area contributed by atoms with Crippen LogP contribution in [0.5, 0.6) is 0 Å². The molecule has 1 aliphatic rings. The molecule has 1 heterocycles. The molecule has 0 bridgehead atoms. The van der Waals surface area contributed by atoms with E-state index in [0.717, 1.165) is 43.4 Å². The monoisotopic (exact) mass is 278 g/mol. The van der Waals surface area contributed by atoms with Crippen LogP contribution in [0.2, 0.25) is 0 Å². The van der Waals surface area contributed by atoms with Crippen LogP contribution in [-0.2, 0) is 12.8 Å². The standard InChI is InChI=1S/C17H30N2O/c1-17(2,3)19-11-7-10-16-18-13-15(20-16)12-14-8-5-4-6-9-14/h13-14,19H,4-12H2,1-3H3. The lowest BCUT2D eigenvalue weighted by atomic mass is 9.86. The minimum atomic E-state index is 0.197. The van der Waals surface area contributed by atoms with E-state index in [4.69, 9.17) is 4.42 Å². The average Bonchev–Trinajstić information content (AvgIpc) is 2.82. The van der Waals surface area contributed by atoms with Crippen LogP contribution >= 0.6 is 0 Å². The molecule has 114 valence electrons. The van der Waals surface area contributed by atoms with Crippen molar-refractivity contribution >= 4 is 0 Å². The second-order valence-corrected chi connectivity index (χ2v) is 7.21. The van der Waals surface area contributed by atoms with Crippen molar-refractivity contribution in [2.45, 2.75) is 77.7 Å². The SMILES string of the molecule is CC(C)(C)NCCCc1ncc(CC2CCCCC2)o1. The van der Waals surface area contributed by atoms with Crippen LogP contribution in [0, 0.1) is 5.92 Å². The topological polar surface area (TPSA) is 38.1 Å². The molecule has 20 heavy (non-hydrogen) atoms. The molecule has 1 fully saturated rings. The van der Waals surface area contributed by atoms with Gasteiger partial charge in [0.1, 0.15) is 5.76 Å². The molecule has 1 saturated carbocycles. The van der Waals surface area contributed by atoms with Crippen LogP contribution in [-0.4, -0.2) is 17.1 Å². The molecule has 0 aromatic carbocycles. The Morgan fingerprint density at radius 1 is 1.25 bits per heavy atom. The zero-order valence-corrected chi connectivity index (χ0v) is 13.4. The molecule has 0 spiro atoms. The number of aryl methyl sites for hydroxylation is 1. The lowest BCUT2D eigenvalue weighted by molar-refractivity contribution is 0.327. The van der Waals surface area contributed by atoms with Crippen molar-refractivity contribution in [2.24, 2.45) is 5.92 Å². The van der Waals surface area contributed by atoms with E-state index in [1.54, 1.807) is 0 Å². The van der Waals surface area contributed by atoms with Crippen LogP contribution < -0.4 is 5.32 Å². The van der Waals surface area contributed by atoms with Gasteiger partial charge in [-0.05, 0) is 39.7 Å². The van der Waals surface area contributed by atoms with Crippen molar-refractivity contribution in [3.8, 4) is 0 Å². The second kappa shape index (κ2) is 7.26. The van der Waals surface area contributed by atoms with Crippen LogP contribution in [0.25, 0.3) is 0 Å². The minimum Gasteiger partial charge on any atom is -0.446 e. The van der Waals surface area contributed by atoms with Crippen molar-refractivity contribution in [3.05, 3.63) is 17.8 Å². The van der Waals surface area contributed by atoms with Crippen molar-refractivity contribution in [3.63, 3.8) is 0 Å². The Morgan fingerprint density at radius 2 is 2.00 bits per heavy atom. The van der Waals surface area contributed by atoms with Crippen LogP contribution in [0.1, 0.15) is 70.9 Å². The van der Waals surface area contributed by atoms with E-state index in [1.807, 2.05) is 6.20 Å². The van der Waals surface area contributed by atoms with E-state index in [-0.39, 0.29) is 5.54 Å². The summed E-state index contributed by atoms with van der Waals surface area (Å²) >= 11 is 0. The smallest absolute Gasteiger partial charge is 0.194 e. The summed E-state index contributed by atoms with van der Waals surface area (Å²) in [5, 5.41) is 3.50. The van der Waals surface area contributed by atoms with Gasteiger partial charge in [-0.25, -0.2) is 4.98 Å². The molecule has 0 aliphatic heterocycles. The largest absolute Gasteiger partial charge is 0.446 e. The van der Waals surface area contributed by atoms with Gasteiger partial charge >= 0.3 is 0 Å². The lowest BCUT2D eigenvalue weighted by Gasteiger charge is -2.20. The third kappa shape index (κ3) is 5.66. The van der Waals surface area contributed by atoms with E-state index in [2.05, 4.69) is 31.1 Å². The first-order chi connectivity index (χ1) is 9.53. The number of hydrogen-bond acceptors (Lipinski definition) is 3. The number of nitrogens with zero attached hydrogens (tertiary/aromatic N) is 1. The van der Waals surface area contributed by atoms with Crippen LogP contribution in [0.4, 0.5) is 0 Å². The van der Waals surface area contributed by atoms with Gasteiger partial charge in [-0.1, -0.05) is 32.1 Å². The Balaban J connectivity index is 1.69. The number of rotatable bonds is 6. The number of nitrogens with one attached hydrogen (secondary N) is 1. The molecule has 0 amide bonds. The summed E-state index contributed by atoms with van der Waals surface area (Å²) in [4.78, 5) is 4.42. The maximum Gasteiger partial charge on any atom is 0.194 e. The third-order valence-corrected chi connectivity index (χ3v) is 4.04. The van der Waals surface area contributed by atoms with Gasteiger partial charge in [0.25, 0.3) is 0 Å². The predicted molar refractivity (Wildman–Crippen MR) is 82.9 cm³/mol. The summed E-state index contributed by atoms with van der Waals surface area (Å²) in [6.07, 6.45) is 12.0. The molecule has 3 heteroatoms. The molecule has 1 aromatic heterocycles. The third-order valence-electron chi connectivity index (χ3n) is 4.04. The highest BCUT2D eigenvalue weighted by atomic mass is 16.4. The highest BCUT2D eigenvalue weighted by Crippen LogP contribution is 2.27. The fourth-order valence-corrected chi connectivity index (χ4v) is 2.94. The van der Waals surface area contributed by atoms with Crippen molar-refractivity contribution in [1.82, 2.24) is 10.3 Å². The van der Waals surface area contributed by atoms with Crippen molar-refractivity contribution in [1.29, 1.82) is 0 Å². The molecule has 0 atom stereocenters. The zero-order valence-electron chi connectivity index (χ0n) is 13.4. The average molecular weight is 278 g/mol. The molecule has 2 rings (SSSR count). The second-order valence-electron chi connectivity index (χ2n) is 7.21. The fourth-order valence-electron chi connectivity index (χ4n) is 2.94. The predicted octanol–water partition coefficient (Wildman–Crippen LogP) is 4.12. The number of hydrogen-bond donors (Lipinski definition) is 1. The minimum absolute atomic E-state index is 0.197. The molecule has 0 radical (unpaired) electrons. The first kappa shape index (κ1) is 15.6. The molecular weight excluding hydrogens is 248 g/mol. The van der Waals surface area contributed by atoms with Gasteiger partial charge in [0.2, 0.25) is 0 Å². The van der Waals surface area contributed by atoms with Crippen molar-refractivity contribution in [2.75, 3.05) is 6.54 Å². The summed E-state index contributed by atoms with van der Waals surface area (Å²) in [6.45, 7) is 7.60. The normalized spacial score (nSPS) is 17.6. The molecule has 0 saturated heterocycles. The summed E-state index contributed by atoms with van der Waals surface area (Å²) in [7, 11) is 0. The Bertz CT molecular complexity index is 386. The van der Waals surface area contributed by atoms with Gasteiger partial charge in [-0.2, -0.15) is 0 Å². The van der Waals surface area contributed by atoms with E-state index >= 15 is 0 Å². The first-order valence-electron chi connectivity index (χ1n) is 8.21. The Morgan fingerprint density at radius 3 is 2.70 bits per heavy atom. The molecule has 3 nitrogen and oxygen atoms in total. The highest BCUT2D eigenvalue weighted by molar-refractivity contribution is 4.96. The summed E-state index contributed by atoms with van der Waals surface area (Å²) < 4.78 is 5.88. The first-order valence-corrected chi connectivity index (χ1v) is 8.21. The van der Waals surface area contributed by atoms with E-state index < -0.39 is 0 Å². The number of aromatic nitrogens is 1. The Kier molecular flexibility index (Phi) is 5.64. The quantitative estimate of drug-likeness (QED) is 0.795. The maximum atomic E-state index is 5.88. The van der Waals surface area contributed by atoms with E-state index in [0.29, 0.717) is 0 Å². The van der Waals surface area contributed by atoms with Gasteiger partial charge in [-0.3, -0.25) is 0 Å². The lowest BCUT2D eigenvalue weighted by Crippen LogP contribution is -2.36. The van der Waals surface area contributed by atoms with E-state index in [9.17, 15) is 0 Å². The van der Waals surface area contributed by atoms with Gasteiger partial charge in [0.05, 0.1) is 6.20 Å². The van der Waals surface area contributed by atoms with Gasteiger partial charge in [0.15, 0.2) is 5.89 Å². The van der Waals surface area contributed by atoms with Crippen molar-refractivity contribution < 1.29 is 4.42 Å². The summed E-state index contributed by atoms with van der Waals surface area (Å²) in [6, 6.07) is 0. The molecule has 0 unspecified atom stereocenters. The van der Waals surface area contributed by atoms with Crippen LogP contribution in [0.3, 0.4) is 0 Å². The molecule has 1 aromatic rings. The van der Waals surface area contributed by atoms with Gasteiger partial charge < -0.3 is 9.73 Å². The highest BCUT2D eigenvalue weighted by Gasteiger charge is 2.16. The van der Waals surface area contributed by atoms with Crippen LogP contribution in [0.15, 0.2) is 10.6 Å². The fraction of sp³-hybridized carbons (Fsp3) is 0.824.